The molecule has 2 aromatic heterocycles. The van der Waals surface area contributed by atoms with E-state index in [2.05, 4.69) is 10.1 Å². The number of aromatic nitrogens is 3. The van der Waals surface area contributed by atoms with Crippen LogP contribution >= 0.6 is 0 Å². The Balaban J connectivity index is 2.56. The number of rotatable bonds is 3. The van der Waals surface area contributed by atoms with Crippen molar-refractivity contribution in [3.8, 4) is 11.4 Å². The van der Waals surface area contributed by atoms with E-state index in [9.17, 15) is 4.79 Å². The summed E-state index contributed by atoms with van der Waals surface area (Å²) in [5.41, 5.74) is 7.96. The van der Waals surface area contributed by atoms with Crippen molar-refractivity contribution in [3.63, 3.8) is 0 Å². The van der Waals surface area contributed by atoms with Crippen molar-refractivity contribution in [1.29, 1.82) is 0 Å². The fourth-order valence-electron chi connectivity index (χ4n) is 1.68. The van der Waals surface area contributed by atoms with Gasteiger partial charge in [0.1, 0.15) is 0 Å². The number of nitrogens with zero attached hydrogens (tertiary/aromatic N) is 1. The topological polar surface area (TPSA) is 79.6 Å². The molecular weight excluding hydrogens is 192 g/mol. The fourth-order valence-corrected chi connectivity index (χ4v) is 1.68. The molecular formula is C10H14N4O. The third kappa shape index (κ3) is 1.61. The maximum absolute atomic E-state index is 11.7. The maximum atomic E-state index is 11.7. The average molecular weight is 206 g/mol. The molecule has 0 spiro atoms. The zero-order chi connectivity index (χ0) is 10.8. The molecule has 2 rings (SSSR count). The quantitative estimate of drug-likeness (QED) is 0.671. The highest BCUT2D eigenvalue weighted by Crippen LogP contribution is 2.16. The lowest BCUT2D eigenvalue weighted by Crippen LogP contribution is -2.17. The summed E-state index contributed by atoms with van der Waals surface area (Å²) in [5, 5.41) is 3.02. The highest BCUT2D eigenvalue weighted by atomic mass is 16.1. The van der Waals surface area contributed by atoms with Crippen LogP contribution in [0.1, 0.15) is 5.56 Å². The molecule has 0 unspecified atom stereocenters. The average Bonchev–Trinajstić information content (AvgIpc) is 2.81. The van der Waals surface area contributed by atoms with Crippen molar-refractivity contribution in [2.24, 2.45) is 12.8 Å². The van der Waals surface area contributed by atoms with Crippen molar-refractivity contribution in [2.75, 3.05) is 6.54 Å². The first-order valence-electron chi connectivity index (χ1n) is 4.85. The summed E-state index contributed by atoms with van der Waals surface area (Å²) in [6, 6.07) is 3.82. The Morgan fingerprint density at radius 3 is 2.93 bits per heavy atom. The van der Waals surface area contributed by atoms with Crippen molar-refractivity contribution in [2.45, 2.75) is 6.42 Å². The number of hydrogen-bond acceptors (Lipinski definition) is 2. The predicted molar refractivity (Wildman–Crippen MR) is 58.6 cm³/mol. The van der Waals surface area contributed by atoms with Crippen LogP contribution in [0.3, 0.4) is 0 Å². The van der Waals surface area contributed by atoms with Gasteiger partial charge in [0.05, 0.1) is 11.4 Å². The molecule has 5 nitrogen and oxygen atoms in total. The molecule has 4 N–H and O–H groups in total. The standard InChI is InChI=1S/C10H14N4O/c1-14-10(15)7(4-5-11)9(13-14)8-3-2-6-12-8/h2-3,6,12-13H,4-5,11H2,1H3. The molecule has 0 aliphatic heterocycles. The van der Waals surface area contributed by atoms with Gasteiger partial charge < -0.3 is 10.7 Å². The largest absolute Gasteiger partial charge is 0.360 e. The molecule has 2 heterocycles. The van der Waals surface area contributed by atoms with Crippen LogP contribution < -0.4 is 11.3 Å². The van der Waals surface area contributed by atoms with Gasteiger partial charge in [0, 0.05) is 18.8 Å². The van der Waals surface area contributed by atoms with Crippen LogP contribution in [-0.2, 0) is 13.5 Å². The molecule has 0 fully saturated rings. The summed E-state index contributed by atoms with van der Waals surface area (Å²) in [7, 11) is 1.70. The smallest absolute Gasteiger partial charge is 0.270 e. The van der Waals surface area contributed by atoms with E-state index in [1.807, 2.05) is 18.3 Å². The van der Waals surface area contributed by atoms with Gasteiger partial charge in [0.15, 0.2) is 0 Å². The second-order valence-corrected chi connectivity index (χ2v) is 3.45. The van der Waals surface area contributed by atoms with Crippen molar-refractivity contribution in [1.82, 2.24) is 14.8 Å². The van der Waals surface area contributed by atoms with Gasteiger partial charge in [-0.25, -0.2) is 0 Å². The van der Waals surface area contributed by atoms with E-state index < -0.39 is 0 Å². The molecule has 80 valence electrons. The third-order valence-corrected chi connectivity index (χ3v) is 2.41. The van der Waals surface area contributed by atoms with Crippen LogP contribution in [0.5, 0.6) is 0 Å². The molecule has 0 aliphatic carbocycles. The van der Waals surface area contributed by atoms with Crippen LogP contribution in [0.15, 0.2) is 23.1 Å². The van der Waals surface area contributed by atoms with E-state index in [0.29, 0.717) is 13.0 Å². The van der Waals surface area contributed by atoms with E-state index in [1.54, 1.807) is 7.05 Å². The number of nitrogens with one attached hydrogen (secondary N) is 2. The van der Waals surface area contributed by atoms with Crippen LogP contribution in [0, 0.1) is 0 Å². The van der Waals surface area contributed by atoms with Gasteiger partial charge in [-0.1, -0.05) is 0 Å². The Hall–Kier alpha value is -1.75. The second-order valence-electron chi connectivity index (χ2n) is 3.45. The van der Waals surface area contributed by atoms with E-state index in [4.69, 9.17) is 5.73 Å². The lowest BCUT2D eigenvalue weighted by atomic mass is 10.1. The summed E-state index contributed by atoms with van der Waals surface area (Å²) in [5.74, 6) is 0. The number of nitrogens with two attached hydrogens (primary N) is 1. The Bertz CT molecular complexity index is 492. The Kier molecular flexibility index (Phi) is 2.47. The summed E-state index contributed by atoms with van der Waals surface area (Å²) < 4.78 is 1.47. The highest BCUT2D eigenvalue weighted by molar-refractivity contribution is 5.58. The summed E-state index contributed by atoms with van der Waals surface area (Å²) in [6.45, 7) is 0.473. The molecule has 0 aromatic carbocycles. The van der Waals surface area contributed by atoms with Crippen molar-refractivity contribution in [3.05, 3.63) is 34.2 Å². The first-order chi connectivity index (χ1) is 7.24. The lowest BCUT2D eigenvalue weighted by Gasteiger charge is -1.97. The van der Waals surface area contributed by atoms with Crippen LogP contribution in [0.2, 0.25) is 0 Å². The second kappa shape index (κ2) is 3.78. The number of hydrogen-bond donors (Lipinski definition) is 3. The summed E-state index contributed by atoms with van der Waals surface area (Å²) >= 11 is 0. The van der Waals surface area contributed by atoms with E-state index in [1.165, 1.54) is 4.68 Å². The SMILES string of the molecule is Cn1[nH]c(-c2ccc[nH]2)c(CCN)c1=O. The van der Waals surface area contributed by atoms with E-state index >= 15 is 0 Å². The maximum Gasteiger partial charge on any atom is 0.270 e. The van der Waals surface area contributed by atoms with Crippen LogP contribution in [-0.4, -0.2) is 21.3 Å². The van der Waals surface area contributed by atoms with Gasteiger partial charge in [-0.05, 0) is 25.1 Å². The van der Waals surface area contributed by atoms with E-state index in [-0.39, 0.29) is 5.56 Å². The monoisotopic (exact) mass is 206 g/mol. The molecule has 0 atom stereocenters. The van der Waals surface area contributed by atoms with Crippen LogP contribution in [0.4, 0.5) is 0 Å². The zero-order valence-electron chi connectivity index (χ0n) is 8.58. The first kappa shape index (κ1) is 9.79. The minimum atomic E-state index is -0.00921. The minimum Gasteiger partial charge on any atom is -0.360 e. The molecule has 15 heavy (non-hydrogen) atoms. The predicted octanol–water partition coefficient (Wildman–Crippen LogP) is 0.210. The number of aromatic amines is 2. The van der Waals surface area contributed by atoms with E-state index in [0.717, 1.165) is 17.0 Å². The minimum absolute atomic E-state index is 0.00921. The van der Waals surface area contributed by atoms with Crippen molar-refractivity contribution < 1.29 is 0 Å². The molecule has 0 saturated heterocycles. The molecule has 0 amide bonds. The molecule has 0 bridgehead atoms. The molecule has 0 radical (unpaired) electrons. The van der Waals surface area contributed by atoms with Crippen molar-refractivity contribution >= 4 is 0 Å². The third-order valence-electron chi connectivity index (χ3n) is 2.41. The normalized spacial score (nSPS) is 10.8. The van der Waals surface area contributed by atoms with Crippen LogP contribution in [0.25, 0.3) is 11.4 Å². The molecule has 0 aliphatic rings. The van der Waals surface area contributed by atoms with Gasteiger partial charge in [0.25, 0.3) is 5.56 Å². The number of aryl methyl sites for hydroxylation is 1. The Morgan fingerprint density at radius 2 is 2.33 bits per heavy atom. The Morgan fingerprint density at radius 1 is 1.53 bits per heavy atom. The van der Waals surface area contributed by atoms with Gasteiger partial charge in [-0.3, -0.25) is 14.6 Å². The zero-order valence-corrected chi connectivity index (χ0v) is 8.58. The van der Waals surface area contributed by atoms with Gasteiger partial charge in [-0.15, -0.1) is 0 Å². The first-order valence-corrected chi connectivity index (χ1v) is 4.85. The molecule has 5 heteroatoms. The van der Waals surface area contributed by atoms with Gasteiger partial charge >= 0.3 is 0 Å². The lowest BCUT2D eigenvalue weighted by molar-refractivity contribution is 0.738. The summed E-state index contributed by atoms with van der Waals surface area (Å²) in [4.78, 5) is 14.8. The molecule has 0 saturated carbocycles. The highest BCUT2D eigenvalue weighted by Gasteiger charge is 2.13. The Labute approximate surface area is 86.9 Å². The molecule has 2 aromatic rings. The summed E-state index contributed by atoms with van der Waals surface area (Å²) in [6.07, 6.45) is 2.41. The fraction of sp³-hybridized carbons (Fsp3) is 0.300. The van der Waals surface area contributed by atoms with Gasteiger partial charge in [-0.2, -0.15) is 0 Å². The number of H-pyrrole nitrogens is 2. The van der Waals surface area contributed by atoms with Gasteiger partial charge in [0.2, 0.25) is 0 Å².